The van der Waals surface area contributed by atoms with Crippen LogP contribution in [0.25, 0.3) is 0 Å². The van der Waals surface area contributed by atoms with Crippen molar-refractivity contribution in [3.05, 3.63) is 35.4 Å². The predicted octanol–water partition coefficient (Wildman–Crippen LogP) is 5.22. The standard InChI is InChI=1S/C26H42O7/c1-5-7-9-11-15-19-30-26(4,31-20-16-12-10-8-6-2)33-21(3)32-25(29)23-18-14-13-17-22(23)24(27)28/h13-14,17-18,21H,5-12,15-16,19-20H2,1-4H3,(H,27,28)/p-1. The number of carbonyl (C=O) groups excluding carboxylic acids is 2. The second kappa shape index (κ2) is 16.6. The molecule has 1 unspecified atom stereocenters. The lowest BCUT2D eigenvalue weighted by Gasteiger charge is -2.32. The zero-order chi connectivity index (χ0) is 24.5. The van der Waals surface area contributed by atoms with Gasteiger partial charge < -0.3 is 24.1 Å². The third-order valence-corrected chi connectivity index (χ3v) is 5.24. The van der Waals surface area contributed by atoms with Crippen LogP contribution in [0.1, 0.15) is 113 Å². The number of hydrogen-bond acceptors (Lipinski definition) is 7. The first kappa shape index (κ1) is 29.1. The fraction of sp³-hybridized carbons (Fsp3) is 0.692. The molecule has 0 aromatic heterocycles. The van der Waals surface area contributed by atoms with E-state index >= 15 is 0 Å². The van der Waals surface area contributed by atoms with Crippen molar-refractivity contribution < 1.29 is 33.6 Å². The van der Waals surface area contributed by atoms with E-state index in [1.165, 1.54) is 43.9 Å². The molecular formula is C26H41O7-. The number of unbranched alkanes of at least 4 members (excludes halogenated alkanes) is 8. The predicted molar refractivity (Wildman–Crippen MR) is 125 cm³/mol. The number of carbonyl (C=O) groups is 2. The Morgan fingerprint density at radius 3 is 1.82 bits per heavy atom. The largest absolute Gasteiger partial charge is 0.545 e. The molecule has 0 aliphatic heterocycles. The second-order valence-corrected chi connectivity index (χ2v) is 8.31. The molecule has 0 heterocycles. The lowest BCUT2D eigenvalue weighted by Crippen LogP contribution is -2.40. The summed E-state index contributed by atoms with van der Waals surface area (Å²) < 4.78 is 23.0. The molecule has 0 bridgehead atoms. The molecule has 7 heteroatoms. The zero-order valence-corrected chi connectivity index (χ0v) is 20.7. The topological polar surface area (TPSA) is 94.1 Å². The first-order valence-electron chi connectivity index (χ1n) is 12.3. The Morgan fingerprint density at radius 1 is 0.848 bits per heavy atom. The fourth-order valence-electron chi connectivity index (χ4n) is 3.41. The third kappa shape index (κ3) is 12.2. The van der Waals surface area contributed by atoms with E-state index < -0.39 is 24.2 Å². The van der Waals surface area contributed by atoms with Crippen molar-refractivity contribution in [1.29, 1.82) is 0 Å². The highest BCUT2D eigenvalue weighted by Gasteiger charge is 2.31. The lowest BCUT2D eigenvalue weighted by molar-refractivity contribution is -0.401. The van der Waals surface area contributed by atoms with Crippen LogP contribution < -0.4 is 5.11 Å². The highest BCUT2D eigenvalue weighted by Crippen LogP contribution is 2.21. The van der Waals surface area contributed by atoms with Crippen LogP contribution >= 0.6 is 0 Å². The molecule has 0 spiro atoms. The zero-order valence-electron chi connectivity index (χ0n) is 20.7. The molecule has 0 radical (unpaired) electrons. The average Bonchev–Trinajstić information content (AvgIpc) is 2.78. The van der Waals surface area contributed by atoms with E-state index in [1.54, 1.807) is 19.9 Å². The van der Waals surface area contributed by atoms with Gasteiger partial charge in [-0.25, -0.2) is 4.79 Å². The van der Waals surface area contributed by atoms with Gasteiger partial charge in [0.05, 0.1) is 24.7 Å². The molecule has 0 saturated carbocycles. The van der Waals surface area contributed by atoms with Crippen LogP contribution in [0.4, 0.5) is 0 Å². The Labute approximate surface area is 198 Å². The molecular weight excluding hydrogens is 424 g/mol. The maximum absolute atomic E-state index is 12.5. The molecule has 7 nitrogen and oxygen atoms in total. The van der Waals surface area contributed by atoms with Crippen molar-refractivity contribution in [3.8, 4) is 0 Å². The Balaban J connectivity index is 2.67. The van der Waals surface area contributed by atoms with Gasteiger partial charge in [0.2, 0.25) is 6.29 Å². The molecule has 1 aromatic rings. The summed E-state index contributed by atoms with van der Waals surface area (Å²) >= 11 is 0. The summed E-state index contributed by atoms with van der Waals surface area (Å²) in [6.45, 7) is 8.49. The van der Waals surface area contributed by atoms with Crippen LogP contribution in [0.15, 0.2) is 24.3 Å². The summed E-state index contributed by atoms with van der Waals surface area (Å²) in [6, 6.07) is 5.74. The Morgan fingerprint density at radius 2 is 1.33 bits per heavy atom. The van der Waals surface area contributed by atoms with Crippen LogP contribution in [0.2, 0.25) is 0 Å². The third-order valence-electron chi connectivity index (χ3n) is 5.24. The van der Waals surface area contributed by atoms with Crippen LogP contribution in [0, 0.1) is 0 Å². The van der Waals surface area contributed by atoms with Gasteiger partial charge in [0.1, 0.15) is 0 Å². The SMILES string of the molecule is CCCCCCCOC(C)(OCCCCCCC)OC(C)OC(=O)c1ccccc1C(=O)[O-]. The molecule has 33 heavy (non-hydrogen) atoms. The summed E-state index contributed by atoms with van der Waals surface area (Å²) in [5, 5.41) is 11.3. The van der Waals surface area contributed by atoms with E-state index in [0.29, 0.717) is 13.2 Å². The van der Waals surface area contributed by atoms with Gasteiger partial charge in [-0.05, 0) is 25.8 Å². The van der Waals surface area contributed by atoms with Gasteiger partial charge in [0, 0.05) is 12.5 Å². The van der Waals surface area contributed by atoms with Gasteiger partial charge in [0.25, 0.3) is 5.97 Å². The van der Waals surface area contributed by atoms with Crippen molar-refractivity contribution >= 4 is 11.9 Å². The van der Waals surface area contributed by atoms with Gasteiger partial charge in [-0.3, -0.25) is 4.74 Å². The molecule has 1 atom stereocenters. The molecule has 188 valence electrons. The number of carboxylic acid groups (broad SMARTS) is 1. The van der Waals surface area contributed by atoms with Crippen LogP contribution in [0.5, 0.6) is 0 Å². The van der Waals surface area contributed by atoms with Gasteiger partial charge >= 0.3 is 5.97 Å². The van der Waals surface area contributed by atoms with E-state index in [-0.39, 0.29) is 11.1 Å². The van der Waals surface area contributed by atoms with Gasteiger partial charge in [-0.1, -0.05) is 83.4 Å². The summed E-state index contributed by atoms with van der Waals surface area (Å²) in [5.74, 6) is -3.63. The summed E-state index contributed by atoms with van der Waals surface area (Å²) in [7, 11) is 0. The van der Waals surface area contributed by atoms with E-state index in [9.17, 15) is 14.7 Å². The summed E-state index contributed by atoms with van der Waals surface area (Å²) in [4.78, 5) is 23.8. The molecule has 0 aliphatic rings. The number of carboxylic acids is 1. The monoisotopic (exact) mass is 465 g/mol. The van der Waals surface area contributed by atoms with Gasteiger partial charge in [-0.15, -0.1) is 0 Å². The number of hydrogen-bond donors (Lipinski definition) is 0. The molecule has 0 aliphatic carbocycles. The van der Waals surface area contributed by atoms with E-state index in [0.717, 1.165) is 38.5 Å². The second-order valence-electron chi connectivity index (χ2n) is 8.31. The summed E-state index contributed by atoms with van der Waals surface area (Å²) in [5.41, 5.74) is -0.326. The number of rotatable bonds is 19. The average molecular weight is 466 g/mol. The Kier molecular flexibility index (Phi) is 14.6. The highest BCUT2D eigenvalue weighted by molar-refractivity contribution is 6.01. The van der Waals surface area contributed by atoms with Gasteiger partial charge in [0.15, 0.2) is 0 Å². The molecule has 0 N–H and O–H groups in total. The van der Waals surface area contributed by atoms with E-state index in [2.05, 4.69) is 13.8 Å². The van der Waals surface area contributed by atoms with Crippen molar-refractivity contribution in [3.63, 3.8) is 0 Å². The van der Waals surface area contributed by atoms with Crippen molar-refractivity contribution in [2.24, 2.45) is 0 Å². The Bertz CT molecular complexity index is 673. The molecule has 1 aromatic carbocycles. The number of esters is 1. The van der Waals surface area contributed by atoms with E-state index in [4.69, 9.17) is 18.9 Å². The quantitative estimate of drug-likeness (QED) is 0.157. The van der Waals surface area contributed by atoms with Crippen LogP contribution in [0.3, 0.4) is 0 Å². The minimum atomic E-state index is -1.45. The molecule has 0 amide bonds. The van der Waals surface area contributed by atoms with Crippen molar-refractivity contribution in [1.82, 2.24) is 0 Å². The first-order chi connectivity index (χ1) is 15.8. The molecule has 0 saturated heterocycles. The van der Waals surface area contributed by atoms with Gasteiger partial charge in [-0.2, -0.15) is 0 Å². The minimum Gasteiger partial charge on any atom is -0.545 e. The number of ether oxygens (including phenoxy) is 4. The highest BCUT2D eigenvalue weighted by atomic mass is 16.9. The Hall–Kier alpha value is -1.96. The number of benzene rings is 1. The van der Waals surface area contributed by atoms with Crippen molar-refractivity contribution in [2.45, 2.75) is 104 Å². The maximum Gasteiger partial charge on any atom is 0.341 e. The maximum atomic E-state index is 12.5. The van der Waals surface area contributed by atoms with Crippen molar-refractivity contribution in [2.75, 3.05) is 13.2 Å². The lowest BCUT2D eigenvalue weighted by atomic mass is 10.1. The number of aromatic carboxylic acids is 1. The smallest absolute Gasteiger partial charge is 0.341 e. The fourth-order valence-corrected chi connectivity index (χ4v) is 3.41. The molecule has 1 rings (SSSR count). The minimum absolute atomic E-state index is 0.0941. The summed E-state index contributed by atoms with van der Waals surface area (Å²) in [6.07, 6.45) is 9.92. The van der Waals surface area contributed by atoms with Crippen LogP contribution in [-0.4, -0.2) is 37.4 Å². The van der Waals surface area contributed by atoms with Crippen LogP contribution in [-0.2, 0) is 18.9 Å². The normalized spacial score (nSPS) is 12.5. The molecule has 0 fully saturated rings. The first-order valence-corrected chi connectivity index (χ1v) is 12.3. The van der Waals surface area contributed by atoms with E-state index in [1.807, 2.05) is 0 Å².